The molecule has 0 aliphatic heterocycles. The largest absolute Gasteiger partial charge is 0.396 e. The number of aliphatic hydroxyl groups excluding tert-OH is 1. The van der Waals surface area contributed by atoms with Gasteiger partial charge in [0.25, 0.3) is 0 Å². The van der Waals surface area contributed by atoms with Crippen LogP contribution < -0.4 is 0 Å². The fourth-order valence-electron chi connectivity index (χ4n) is 0.362. The van der Waals surface area contributed by atoms with Gasteiger partial charge in [-0.15, -0.1) is 0 Å². The molecule has 0 bridgehead atoms. The number of hydrogen-bond donors (Lipinski definition) is 1. The Hall–Kier alpha value is -0.0400. The summed E-state index contributed by atoms with van der Waals surface area (Å²) in [5.41, 5.74) is 0. The predicted octanol–water partition coefficient (Wildman–Crippen LogP) is 2.20. The quantitative estimate of drug-likeness (QED) is 0.563. The lowest BCUT2D eigenvalue weighted by Gasteiger charge is -1.85. The number of hydrogen-bond acceptors (Lipinski definition) is 1. The van der Waals surface area contributed by atoms with Crippen LogP contribution in [-0.2, 0) is 0 Å². The summed E-state index contributed by atoms with van der Waals surface area (Å²) in [6.07, 6.45) is 3.33. The number of rotatable bonds is 3. The van der Waals surface area contributed by atoms with Crippen LogP contribution in [0, 0.1) is 0 Å². The van der Waals surface area contributed by atoms with Crippen LogP contribution in [0.5, 0.6) is 0 Å². The standard InChI is InChI=1S/C5H12O.C2H6/c1-2-3-4-5-6;1-2/h6H,2-5H2,1H3;1-2H3. The van der Waals surface area contributed by atoms with Gasteiger partial charge in [0.05, 0.1) is 0 Å². The van der Waals surface area contributed by atoms with Gasteiger partial charge in [-0.05, 0) is 6.42 Å². The van der Waals surface area contributed by atoms with Crippen molar-refractivity contribution >= 4 is 0 Å². The zero-order valence-corrected chi connectivity index (χ0v) is 6.28. The molecule has 1 heteroatoms. The van der Waals surface area contributed by atoms with Crippen molar-refractivity contribution in [3.63, 3.8) is 0 Å². The van der Waals surface area contributed by atoms with Gasteiger partial charge in [-0.1, -0.05) is 33.6 Å². The number of unbranched alkanes of at least 4 members (excludes halogenated alkanes) is 2. The summed E-state index contributed by atoms with van der Waals surface area (Å²) in [6.45, 7) is 6.48. The molecule has 0 aliphatic rings. The molecule has 0 spiro atoms. The minimum atomic E-state index is 0.355. The third kappa shape index (κ3) is 16.7. The highest BCUT2D eigenvalue weighted by atomic mass is 16.2. The Morgan fingerprint density at radius 1 is 1.12 bits per heavy atom. The number of aliphatic hydroxyl groups is 1. The Morgan fingerprint density at radius 2 is 1.62 bits per heavy atom. The lowest BCUT2D eigenvalue weighted by molar-refractivity contribution is 0.284. The van der Waals surface area contributed by atoms with E-state index < -0.39 is 0 Å². The van der Waals surface area contributed by atoms with Gasteiger partial charge in [0.2, 0.25) is 0 Å². The molecule has 0 aliphatic carbocycles. The van der Waals surface area contributed by atoms with Crippen molar-refractivity contribution in [1.82, 2.24) is 0 Å². The third-order valence-electron chi connectivity index (χ3n) is 0.762. The molecule has 1 N–H and O–H groups in total. The predicted molar refractivity (Wildman–Crippen MR) is 38.0 cm³/mol. The molecular weight excluding hydrogens is 100 g/mol. The smallest absolute Gasteiger partial charge is 0.0431 e. The summed E-state index contributed by atoms with van der Waals surface area (Å²) in [4.78, 5) is 0. The molecule has 0 aromatic carbocycles. The molecule has 0 saturated carbocycles. The Bertz CT molecular complexity index is 16.3. The summed E-state index contributed by atoms with van der Waals surface area (Å²) in [7, 11) is 0. The van der Waals surface area contributed by atoms with E-state index in [1.54, 1.807) is 0 Å². The van der Waals surface area contributed by atoms with Crippen molar-refractivity contribution in [2.75, 3.05) is 6.61 Å². The van der Waals surface area contributed by atoms with E-state index in [2.05, 4.69) is 6.92 Å². The highest BCUT2D eigenvalue weighted by Gasteiger charge is 1.76. The molecule has 0 aromatic rings. The van der Waals surface area contributed by atoms with Gasteiger partial charge in [-0.25, -0.2) is 0 Å². The van der Waals surface area contributed by atoms with Gasteiger partial charge in [-0.3, -0.25) is 0 Å². The second kappa shape index (κ2) is 15.8. The molecule has 8 heavy (non-hydrogen) atoms. The first kappa shape index (κ1) is 10.9. The second-order valence-corrected chi connectivity index (χ2v) is 1.43. The van der Waals surface area contributed by atoms with Gasteiger partial charge in [-0.2, -0.15) is 0 Å². The highest BCUT2D eigenvalue weighted by Crippen LogP contribution is 1.89. The van der Waals surface area contributed by atoms with Gasteiger partial charge in [0.1, 0.15) is 0 Å². The molecule has 0 amide bonds. The van der Waals surface area contributed by atoms with Gasteiger partial charge in [0, 0.05) is 6.61 Å². The van der Waals surface area contributed by atoms with Crippen LogP contribution in [0.25, 0.3) is 0 Å². The molecule has 0 fully saturated rings. The van der Waals surface area contributed by atoms with E-state index in [0.717, 1.165) is 12.8 Å². The molecule has 0 atom stereocenters. The minimum Gasteiger partial charge on any atom is -0.396 e. The first-order valence-corrected chi connectivity index (χ1v) is 3.52. The normalized spacial score (nSPS) is 7.50. The SMILES string of the molecule is CC.CCCCCO. The van der Waals surface area contributed by atoms with E-state index in [9.17, 15) is 0 Å². The first-order chi connectivity index (χ1) is 3.91. The summed E-state index contributed by atoms with van der Waals surface area (Å²) in [5, 5.41) is 8.20. The van der Waals surface area contributed by atoms with Gasteiger partial charge in [0.15, 0.2) is 0 Å². The van der Waals surface area contributed by atoms with Crippen molar-refractivity contribution in [2.24, 2.45) is 0 Å². The van der Waals surface area contributed by atoms with Crippen LogP contribution in [0.15, 0.2) is 0 Å². The van der Waals surface area contributed by atoms with Crippen LogP contribution in [-0.4, -0.2) is 11.7 Å². The molecule has 0 rings (SSSR count). The van der Waals surface area contributed by atoms with E-state index in [1.807, 2.05) is 13.8 Å². The van der Waals surface area contributed by atoms with Crippen LogP contribution in [0.4, 0.5) is 0 Å². The zero-order valence-electron chi connectivity index (χ0n) is 6.28. The van der Waals surface area contributed by atoms with Crippen LogP contribution in [0.3, 0.4) is 0 Å². The lowest BCUT2D eigenvalue weighted by atomic mass is 10.3. The molecular formula is C7H18O. The van der Waals surface area contributed by atoms with Crippen LogP contribution >= 0.6 is 0 Å². The second-order valence-electron chi connectivity index (χ2n) is 1.43. The zero-order chi connectivity index (χ0) is 6.83. The fraction of sp³-hybridized carbons (Fsp3) is 1.00. The van der Waals surface area contributed by atoms with Gasteiger partial charge < -0.3 is 5.11 Å². The molecule has 0 radical (unpaired) electrons. The maximum absolute atomic E-state index is 8.20. The summed E-state index contributed by atoms with van der Waals surface area (Å²) in [5.74, 6) is 0. The van der Waals surface area contributed by atoms with E-state index in [4.69, 9.17) is 5.11 Å². The maximum Gasteiger partial charge on any atom is 0.0431 e. The van der Waals surface area contributed by atoms with E-state index >= 15 is 0 Å². The van der Waals surface area contributed by atoms with Crippen molar-refractivity contribution < 1.29 is 5.11 Å². The van der Waals surface area contributed by atoms with E-state index in [1.165, 1.54) is 6.42 Å². The van der Waals surface area contributed by atoms with Crippen LogP contribution in [0.1, 0.15) is 40.0 Å². The molecule has 1 nitrogen and oxygen atoms in total. The average Bonchev–Trinajstić information content (AvgIpc) is 1.88. The third-order valence-corrected chi connectivity index (χ3v) is 0.762. The summed E-state index contributed by atoms with van der Waals surface area (Å²) < 4.78 is 0. The molecule has 52 valence electrons. The summed E-state index contributed by atoms with van der Waals surface area (Å²) in [6, 6.07) is 0. The van der Waals surface area contributed by atoms with Crippen molar-refractivity contribution in [3.8, 4) is 0 Å². The molecule has 0 heterocycles. The highest BCUT2D eigenvalue weighted by molar-refractivity contribution is 4.30. The van der Waals surface area contributed by atoms with Crippen molar-refractivity contribution in [3.05, 3.63) is 0 Å². The topological polar surface area (TPSA) is 20.2 Å². The Kier molecular flexibility index (Phi) is 21.4. The maximum atomic E-state index is 8.20. The van der Waals surface area contributed by atoms with Crippen molar-refractivity contribution in [2.45, 2.75) is 40.0 Å². The van der Waals surface area contributed by atoms with Crippen LogP contribution in [0.2, 0.25) is 0 Å². The lowest BCUT2D eigenvalue weighted by Crippen LogP contribution is -1.78. The molecule has 0 unspecified atom stereocenters. The molecule has 0 aromatic heterocycles. The van der Waals surface area contributed by atoms with Gasteiger partial charge >= 0.3 is 0 Å². The average molecular weight is 118 g/mol. The Morgan fingerprint density at radius 3 is 1.75 bits per heavy atom. The van der Waals surface area contributed by atoms with Crippen molar-refractivity contribution in [1.29, 1.82) is 0 Å². The molecule has 0 saturated heterocycles. The van der Waals surface area contributed by atoms with E-state index in [-0.39, 0.29) is 0 Å². The van der Waals surface area contributed by atoms with E-state index in [0.29, 0.717) is 6.61 Å². The monoisotopic (exact) mass is 118 g/mol. The first-order valence-electron chi connectivity index (χ1n) is 3.52. The Labute approximate surface area is 52.7 Å². The summed E-state index contributed by atoms with van der Waals surface area (Å²) >= 11 is 0. The Balaban J connectivity index is 0. The minimum absolute atomic E-state index is 0.355. The fourth-order valence-corrected chi connectivity index (χ4v) is 0.362.